The summed E-state index contributed by atoms with van der Waals surface area (Å²) < 4.78 is 24.4. The quantitative estimate of drug-likeness (QED) is 0.539. The highest BCUT2D eigenvalue weighted by molar-refractivity contribution is 6.46. The Bertz CT molecular complexity index is 1260. The molecule has 0 spiro atoms. The van der Waals surface area contributed by atoms with E-state index in [1.54, 1.807) is 42.5 Å². The lowest BCUT2D eigenvalue weighted by Gasteiger charge is -2.15. The van der Waals surface area contributed by atoms with Crippen LogP contribution in [0.5, 0.6) is 11.5 Å². The lowest BCUT2D eigenvalue weighted by molar-refractivity contribution is -0.120. The number of anilines is 2. The van der Waals surface area contributed by atoms with Gasteiger partial charge in [0.25, 0.3) is 11.8 Å². The van der Waals surface area contributed by atoms with Gasteiger partial charge < -0.3 is 14.8 Å². The fourth-order valence-electron chi connectivity index (χ4n) is 3.48. The third kappa shape index (κ3) is 3.78. The van der Waals surface area contributed by atoms with Crippen molar-refractivity contribution in [3.63, 3.8) is 0 Å². The largest absolute Gasteiger partial charge is 0.496 e. The van der Waals surface area contributed by atoms with Gasteiger partial charge in [-0.05, 0) is 42.5 Å². The lowest BCUT2D eigenvalue weighted by Crippen LogP contribution is -2.32. The lowest BCUT2D eigenvalue weighted by atomic mass is 10.0. The first-order chi connectivity index (χ1) is 15.4. The van der Waals surface area contributed by atoms with Crippen LogP contribution in [0.25, 0.3) is 5.57 Å². The van der Waals surface area contributed by atoms with Crippen molar-refractivity contribution in [3.05, 3.63) is 88.8 Å². The van der Waals surface area contributed by atoms with E-state index in [-0.39, 0.29) is 17.0 Å². The molecular weight excluding hydrogens is 435 g/mol. The number of carbonyl (C=O) groups excluding carboxylic acids is 2. The fraction of sp³-hybridized carbons (Fsp3) is 0.0833. The van der Waals surface area contributed by atoms with Crippen LogP contribution < -0.4 is 19.7 Å². The molecule has 32 heavy (non-hydrogen) atoms. The number of para-hydroxylation sites is 1. The molecule has 0 aromatic heterocycles. The molecule has 1 heterocycles. The zero-order valence-corrected chi connectivity index (χ0v) is 17.9. The van der Waals surface area contributed by atoms with Crippen molar-refractivity contribution in [3.8, 4) is 11.5 Å². The first-order valence-corrected chi connectivity index (χ1v) is 9.95. The Balaban J connectivity index is 1.85. The van der Waals surface area contributed by atoms with E-state index in [9.17, 15) is 14.0 Å². The zero-order valence-electron chi connectivity index (χ0n) is 17.2. The number of carbonyl (C=O) groups is 2. The van der Waals surface area contributed by atoms with E-state index in [1.165, 1.54) is 32.4 Å². The van der Waals surface area contributed by atoms with E-state index in [2.05, 4.69) is 5.32 Å². The van der Waals surface area contributed by atoms with Crippen molar-refractivity contribution in [2.75, 3.05) is 24.4 Å². The summed E-state index contributed by atoms with van der Waals surface area (Å²) in [6, 6.07) is 17.0. The number of imide groups is 1. The van der Waals surface area contributed by atoms with E-state index in [0.29, 0.717) is 27.8 Å². The minimum atomic E-state index is -0.631. The van der Waals surface area contributed by atoms with Crippen LogP contribution in [0.2, 0.25) is 5.02 Å². The average molecular weight is 453 g/mol. The van der Waals surface area contributed by atoms with Crippen molar-refractivity contribution < 1.29 is 23.5 Å². The summed E-state index contributed by atoms with van der Waals surface area (Å²) in [5.74, 6) is -0.922. The van der Waals surface area contributed by atoms with Crippen LogP contribution in [0.3, 0.4) is 0 Å². The topological polar surface area (TPSA) is 67.9 Å². The molecule has 3 aromatic rings. The minimum Gasteiger partial charge on any atom is -0.496 e. The fourth-order valence-corrected chi connectivity index (χ4v) is 3.74. The monoisotopic (exact) mass is 452 g/mol. The van der Waals surface area contributed by atoms with Crippen molar-refractivity contribution in [1.29, 1.82) is 0 Å². The molecule has 162 valence electrons. The van der Waals surface area contributed by atoms with Gasteiger partial charge in [0.2, 0.25) is 0 Å². The number of amides is 2. The van der Waals surface area contributed by atoms with Crippen LogP contribution >= 0.6 is 11.6 Å². The Hall–Kier alpha value is -3.84. The van der Waals surface area contributed by atoms with Gasteiger partial charge in [0.05, 0.1) is 30.5 Å². The summed E-state index contributed by atoms with van der Waals surface area (Å²) in [6.07, 6.45) is 0. The molecule has 0 bridgehead atoms. The summed E-state index contributed by atoms with van der Waals surface area (Å²) in [7, 11) is 2.97. The van der Waals surface area contributed by atoms with Gasteiger partial charge in [-0.3, -0.25) is 9.59 Å². The number of methoxy groups -OCH3 is 2. The summed E-state index contributed by atoms with van der Waals surface area (Å²) in [6.45, 7) is 0. The number of hydrogen-bond acceptors (Lipinski definition) is 5. The summed E-state index contributed by atoms with van der Waals surface area (Å²) in [5, 5.41) is 3.34. The summed E-state index contributed by atoms with van der Waals surface area (Å²) in [4.78, 5) is 27.8. The first kappa shape index (κ1) is 21.4. The second-order valence-corrected chi connectivity index (χ2v) is 7.26. The number of hydrogen-bond donors (Lipinski definition) is 1. The molecule has 1 aliphatic heterocycles. The zero-order chi connectivity index (χ0) is 22.8. The highest BCUT2D eigenvalue weighted by Gasteiger charge is 2.41. The van der Waals surface area contributed by atoms with Gasteiger partial charge in [0.1, 0.15) is 23.0 Å². The Morgan fingerprint density at radius 2 is 1.62 bits per heavy atom. The number of nitrogens with one attached hydrogen (secondary N) is 1. The first-order valence-electron chi connectivity index (χ1n) is 9.57. The average Bonchev–Trinajstić information content (AvgIpc) is 3.03. The van der Waals surface area contributed by atoms with Crippen LogP contribution in [0.1, 0.15) is 5.56 Å². The van der Waals surface area contributed by atoms with E-state index in [4.69, 9.17) is 21.1 Å². The third-order valence-corrected chi connectivity index (χ3v) is 5.24. The highest BCUT2D eigenvalue weighted by Crippen LogP contribution is 2.38. The SMILES string of the molecule is COc1ccc(NC2=C(c3ccccc3OC)C(=O)N(c3cccc(F)c3)C2=O)cc1Cl. The molecule has 0 unspecified atom stereocenters. The third-order valence-electron chi connectivity index (χ3n) is 4.95. The molecule has 2 amide bonds. The molecule has 0 atom stereocenters. The molecule has 4 rings (SSSR count). The maximum Gasteiger partial charge on any atom is 0.282 e. The van der Waals surface area contributed by atoms with Gasteiger partial charge in [-0.2, -0.15) is 0 Å². The molecule has 0 aliphatic carbocycles. The Kier molecular flexibility index (Phi) is 5.83. The summed E-state index contributed by atoms with van der Waals surface area (Å²) in [5.41, 5.74) is 1.14. The van der Waals surface area contributed by atoms with Crippen LogP contribution in [0.4, 0.5) is 15.8 Å². The van der Waals surface area contributed by atoms with E-state index >= 15 is 0 Å². The van der Waals surface area contributed by atoms with Crippen LogP contribution in [0, 0.1) is 5.82 Å². The van der Waals surface area contributed by atoms with Gasteiger partial charge in [0.15, 0.2) is 0 Å². The second kappa shape index (κ2) is 8.72. The van der Waals surface area contributed by atoms with Crippen LogP contribution in [-0.2, 0) is 9.59 Å². The molecule has 1 N–H and O–H groups in total. The normalized spacial score (nSPS) is 13.6. The number of rotatable bonds is 6. The molecule has 0 saturated carbocycles. The van der Waals surface area contributed by atoms with E-state index < -0.39 is 17.6 Å². The van der Waals surface area contributed by atoms with Gasteiger partial charge in [-0.15, -0.1) is 0 Å². The standard InChI is InChI=1S/C24H18ClFN2O4/c1-31-19-9-4-3-8-17(19)21-22(27-15-10-11-20(32-2)18(25)13-15)24(30)28(23(21)29)16-7-5-6-14(26)12-16/h3-13,27H,1-2H3. The molecule has 0 radical (unpaired) electrons. The van der Waals surface area contributed by atoms with Gasteiger partial charge in [-0.25, -0.2) is 9.29 Å². The highest BCUT2D eigenvalue weighted by atomic mass is 35.5. The number of halogens is 2. The van der Waals surface area contributed by atoms with Gasteiger partial charge >= 0.3 is 0 Å². The number of ether oxygens (including phenoxy) is 2. The van der Waals surface area contributed by atoms with Gasteiger partial charge in [-0.1, -0.05) is 35.9 Å². The maximum atomic E-state index is 13.8. The molecule has 1 aliphatic rings. The van der Waals surface area contributed by atoms with Gasteiger partial charge in [0, 0.05) is 11.3 Å². The predicted molar refractivity (Wildman–Crippen MR) is 120 cm³/mol. The Labute approximate surface area is 188 Å². The number of nitrogens with zero attached hydrogens (tertiary/aromatic N) is 1. The summed E-state index contributed by atoms with van der Waals surface area (Å²) >= 11 is 6.22. The molecule has 0 fully saturated rings. The number of benzene rings is 3. The second-order valence-electron chi connectivity index (χ2n) is 6.85. The van der Waals surface area contributed by atoms with Crippen LogP contribution in [-0.4, -0.2) is 26.0 Å². The Morgan fingerprint density at radius 3 is 2.31 bits per heavy atom. The van der Waals surface area contributed by atoms with E-state index in [0.717, 1.165) is 11.0 Å². The Morgan fingerprint density at radius 1 is 0.875 bits per heavy atom. The molecular formula is C24H18ClFN2O4. The smallest absolute Gasteiger partial charge is 0.282 e. The van der Waals surface area contributed by atoms with Crippen molar-refractivity contribution in [2.45, 2.75) is 0 Å². The van der Waals surface area contributed by atoms with Crippen LogP contribution in [0.15, 0.2) is 72.4 Å². The molecule has 0 saturated heterocycles. The van der Waals surface area contributed by atoms with Crippen molar-refractivity contribution >= 4 is 40.4 Å². The van der Waals surface area contributed by atoms with Crippen molar-refractivity contribution in [2.24, 2.45) is 0 Å². The molecule has 8 heteroatoms. The molecule has 6 nitrogen and oxygen atoms in total. The van der Waals surface area contributed by atoms with E-state index in [1.807, 2.05) is 0 Å². The van der Waals surface area contributed by atoms with Crippen molar-refractivity contribution in [1.82, 2.24) is 0 Å². The predicted octanol–water partition coefficient (Wildman–Crippen LogP) is 4.89. The maximum absolute atomic E-state index is 13.8. The minimum absolute atomic E-state index is 0.0185. The molecule has 3 aromatic carbocycles.